The molecule has 2 N–H and O–H groups in total. The van der Waals surface area contributed by atoms with Crippen molar-refractivity contribution in [3.8, 4) is 11.5 Å². The topological polar surface area (TPSA) is 122 Å². The summed E-state index contributed by atoms with van der Waals surface area (Å²) in [6.45, 7) is 5.02. The number of hydrogen-bond acceptors (Lipinski definition) is 6. The van der Waals surface area contributed by atoms with E-state index in [4.69, 9.17) is 14.6 Å². The molecular formula is C23H22N2O7. The molecule has 1 fully saturated rings. The number of barbiturate groups is 1. The maximum atomic E-state index is 13.1. The molecule has 0 aromatic heterocycles. The van der Waals surface area contributed by atoms with Gasteiger partial charge in [0.05, 0.1) is 12.8 Å². The van der Waals surface area contributed by atoms with Crippen LogP contribution in [0, 0.1) is 13.8 Å². The van der Waals surface area contributed by atoms with Gasteiger partial charge in [0.1, 0.15) is 5.57 Å². The van der Waals surface area contributed by atoms with Crippen LogP contribution < -0.4 is 19.7 Å². The number of aryl methyl sites for hydroxylation is 1. The predicted molar refractivity (Wildman–Crippen MR) is 116 cm³/mol. The summed E-state index contributed by atoms with van der Waals surface area (Å²) >= 11 is 0. The first-order valence-electron chi connectivity index (χ1n) is 9.69. The molecule has 9 nitrogen and oxygen atoms in total. The molecule has 0 saturated carbocycles. The molecule has 0 unspecified atom stereocenters. The Morgan fingerprint density at radius 2 is 1.84 bits per heavy atom. The van der Waals surface area contributed by atoms with Crippen molar-refractivity contribution in [3.63, 3.8) is 0 Å². The van der Waals surface area contributed by atoms with E-state index in [1.807, 2.05) is 13.0 Å². The van der Waals surface area contributed by atoms with Gasteiger partial charge < -0.3 is 14.6 Å². The molecule has 2 aromatic rings. The number of methoxy groups -OCH3 is 1. The molecule has 2 aromatic carbocycles. The Morgan fingerprint density at radius 3 is 2.50 bits per heavy atom. The SMILES string of the molecule is COc1cc(/C=C2\C(=O)NC(=O)N(c3cccc(C)c3C)C2=O)ccc1O[C@@H](C)C(=O)O. The van der Waals surface area contributed by atoms with E-state index in [0.29, 0.717) is 11.3 Å². The van der Waals surface area contributed by atoms with Crippen LogP contribution in [0.2, 0.25) is 0 Å². The van der Waals surface area contributed by atoms with Crippen LogP contribution in [0.15, 0.2) is 42.0 Å². The van der Waals surface area contributed by atoms with E-state index in [9.17, 15) is 19.2 Å². The Kier molecular flexibility index (Phi) is 6.29. The first-order valence-corrected chi connectivity index (χ1v) is 9.69. The second-order valence-electron chi connectivity index (χ2n) is 7.19. The molecular weight excluding hydrogens is 416 g/mol. The molecule has 9 heteroatoms. The molecule has 32 heavy (non-hydrogen) atoms. The number of ether oxygens (including phenoxy) is 2. The number of aliphatic carboxylic acids is 1. The summed E-state index contributed by atoms with van der Waals surface area (Å²) in [5.41, 5.74) is 2.20. The molecule has 1 aliphatic heterocycles. The van der Waals surface area contributed by atoms with Crippen LogP contribution in [0.3, 0.4) is 0 Å². The van der Waals surface area contributed by atoms with Crippen LogP contribution in [-0.2, 0) is 14.4 Å². The second kappa shape index (κ2) is 8.93. The highest BCUT2D eigenvalue weighted by Crippen LogP contribution is 2.31. The summed E-state index contributed by atoms with van der Waals surface area (Å²) in [6.07, 6.45) is 0.228. The van der Waals surface area contributed by atoms with Gasteiger partial charge in [-0.1, -0.05) is 18.2 Å². The van der Waals surface area contributed by atoms with Gasteiger partial charge in [0, 0.05) is 0 Å². The second-order valence-corrected chi connectivity index (χ2v) is 7.19. The Morgan fingerprint density at radius 1 is 1.12 bits per heavy atom. The third kappa shape index (κ3) is 4.31. The largest absolute Gasteiger partial charge is 0.493 e. The molecule has 4 amide bonds. The predicted octanol–water partition coefficient (Wildman–Crippen LogP) is 2.83. The lowest BCUT2D eigenvalue weighted by molar-refractivity contribution is -0.144. The summed E-state index contributed by atoms with van der Waals surface area (Å²) < 4.78 is 10.6. The number of urea groups is 1. The van der Waals surface area contributed by atoms with Crippen molar-refractivity contribution in [1.29, 1.82) is 0 Å². The van der Waals surface area contributed by atoms with Gasteiger partial charge in [-0.05, 0) is 61.7 Å². The van der Waals surface area contributed by atoms with Crippen LogP contribution in [0.1, 0.15) is 23.6 Å². The fourth-order valence-electron chi connectivity index (χ4n) is 3.13. The van der Waals surface area contributed by atoms with Gasteiger partial charge in [-0.15, -0.1) is 0 Å². The molecule has 1 heterocycles. The van der Waals surface area contributed by atoms with Crippen molar-refractivity contribution in [2.24, 2.45) is 0 Å². The van der Waals surface area contributed by atoms with Crippen molar-refractivity contribution < 1.29 is 33.8 Å². The number of carboxylic acids is 1. The van der Waals surface area contributed by atoms with Gasteiger partial charge in [-0.25, -0.2) is 14.5 Å². The van der Waals surface area contributed by atoms with Crippen LogP contribution in [0.5, 0.6) is 11.5 Å². The van der Waals surface area contributed by atoms with E-state index in [0.717, 1.165) is 16.0 Å². The smallest absolute Gasteiger partial charge is 0.344 e. The number of nitrogens with zero attached hydrogens (tertiary/aromatic N) is 1. The molecule has 0 aliphatic carbocycles. The third-order valence-corrected chi connectivity index (χ3v) is 5.07. The normalized spacial score (nSPS) is 16.1. The fourth-order valence-corrected chi connectivity index (χ4v) is 3.13. The summed E-state index contributed by atoms with van der Waals surface area (Å²) in [7, 11) is 1.38. The highest BCUT2D eigenvalue weighted by molar-refractivity contribution is 6.39. The number of amides is 4. The van der Waals surface area contributed by atoms with Crippen molar-refractivity contribution in [2.75, 3.05) is 12.0 Å². The number of hydrogen-bond donors (Lipinski definition) is 2. The Hall–Kier alpha value is -4.14. The van der Waals surface area contributed by atoms with E-state index in [1.165, 1.54) is 32.2 Å². The number of carbonyl (C=O) groups excluding carboxylic acids is 3. The van der Waals surface area contributed by atoms with Crippen molar-refractivity contribution in [1.82, 2.24) is 5.32 Å². The first kappa shape index (κ1) is 22.5. The van der Waals surface area contributed by atoms with E-state index >= 15 is 0 Å². The van der Waals surface area contributed by atoms with Crippen molar-refractivity contribution in [2.45, 2.75) is 26.9 Å². The molecule has 0 radical (unpaired) electrons. The number of carbonyl (C=O) groups is 4. The maximum Gasteiger partial charge on any atom is 0.344 e. The van der Waals surface area contributed by atoms with E-state index in [1.54, 1.807) is 25.1 Å². The van der Waals surface area contributed by atoms with Gasteiger partial charge in [-0.2, -0.15) is 0 Å². The number of nitrogens with one attached hydrogen (secondary N) is 1. The summed E-state index contributed by atoms with van der Waals surface area (Å²) in [5.74, 6) is -2.31. The van der Waals surface area contributed by atoms with Crippen molar-refractivity contribution >= 4 is 35.6 Å². The van der Waals surface area contributed by atoms with Gasteiger partial charge in [-0.3, -0.25) is 14.9 Å². The first-order chi connectivity index (χ1) is 15.1. The Labute approximate surface area is 184 Å². The van der Waals surface area contributed by atoms with Gasteiger partial charge in [0.15, 0.2) is 17.6 Å². The van der Waals surface area contributed by atoms with Crippen LogP contribution in [0.4, 0.5) is 10.5 Å². The molecule has 1 aliphatic rings. The number of benzene rings is 2. The number of anilines is 1. The molecule has 166 valence electrons. The van der Waals surface area contributed by atoms with Gasteiger partial charge in [0.2, 0.25) is 0 Å². The van der Waals surface area contributed by atoms with E-state index in [-0.39, 0.29) is 17.1 Å². The number of carboxylic acid groups (broad SMARTS) is 1. The van der Waals surface area contributed by atoms with Crippen LogP contribution in [-0.4, -0.2) is 42.1 Å². The zero-order valence-electron chi connectivity index (χ0n) is 18.0. The molecule has 3 rings (SSSR count). The van der Waals surface area contributed by atoms with E-state index < -0.39 is 29.9 Å². The lowest BCUT2D eigenvalue weighted by atomic mass is 10.0. The minimum absolute atomic E-state index is 0.191. The highest BCUT2D eigenvalue weighted by Gasteiger charge is 2.37. The monoisotopic (exact) mass is 438 g/mol. The highest BCUT2D eigenvalue weighted by atomic mass is 16.5. The fraction of sp³-hybridized carbons (Fsp3) is 0.217. The molecule has 0 bridgehead atoms. The molecule has 0 spiro atoms. The minimum atomic E-state index is -1.14. The van der Waals surface area contributed by atoms with Gasteiger partial charge in [0.25, 0.3) is 11.8 Å². The average Bonchev–Trinajstić information content (AvgIpc) is 2.74. The third-order valence-electron chi connectivity index (χ3n) is 5.07. The summed E-state index contributed by atoms with van der Waals surface area (Å²) in [5, 5.41) is 11.2. The van der Waals surface area contributed by atoms with Crippen LogP contribution >= 0.6 is 0 Å². The molecule has 1 atom stereocenters. The Bertz CT molecular complexity index is 1150. The summed E-state index contributed by atoms with van der Waals surface area (Å²) in [4.78, 5) is 49.9. The zero-order valence-corrected chi connectivity index (χ0v) is 18.0. The van der Waals surface area contributed by atoms with Crippen LogP contribution in [0.25, 0.3) is 6.08 Å². The quantitative estimate of drug-likeness (QED) is 0.525. The molecule has 1 saturated heterocycles. The standard InChI is InChI=1S/C23H22N2O7/c1-12-6-5-7-17(13(12)2)25-21(27)16(20(26)24-23(25)30)10-15-8-9-18(19(11-15)31-4)32-14(3)22(28)29/h5-11,14H,1-4H3,(H,28,29)(H,24,26,30)/b16-10+/t14-/m0/s1. The maximum absolute atomic E-state index is 13.1. The van der Waals surface area contributed by atoms with Crippen molar-refractivity contribution in [3.05, 3.63) is 58.7 Å². The lowest BCUT2D eigenvalue weighted by Gasteiger charge is -2.28. The van der Waals surface area contributed by atoms with Gasteiger partial charge >= 0.3 is 12.0 Å². The number of rotatable bonds is 6. The Balaban J connectivity index is 1.99. The zero-order chi connectivity index (χ0) is 23.6. The average molecular weight is 438 g/mol. The number of imide groups is 2. The minimum Gasteiger partial charge on any atom is -0.493 e. The summed E-state index contributed by atoms with van der Waals surface area (Å²) in [6, 6.07) is 8.90. The lowest BCUT2D eigenvalue weighted by Crippen LogP contribution is -2.54. The van der Waals surface area contributed by atoms with E-state index in [2.05, 4.69) is 5.32 Å².